The number of sulfone groups is 1. The highest BCUT2D eigenvalue weighted by Gasteiger charge is 2.23. The molecule has 0 saturated carbocycles. The predicted molar refractivity (Wildman–Crippen MR) is 112 cm³/mol. The van der Waals surface area contributed by atoms with Gasteiger partial charge >= 0.3 is 0 Å². The van der Waals surface area contributed by atoms with Crippen LogP contribution in [0.4, 0.5) is 5.69 Å². The number of amides is 2. The van der Waals surface area contributed by atoms with Crippen molar-refractivity contribution in [3.63, 3.8) is 0 Å². The number of hydrogen-bond donors (Lipinski definition) is 2. The Bertz CT molecular complexity index is 989. The molecule has 0 heterocycles. The van der Waals surface area contributed by atoms with Gasteiger partial charge in [0.25, 0.3) is 5.91 Å². The number of aryl methyl sites for hydroxylation is 2. The molecule has 150 valence electrons. The Morgan fingerprint density at radius 2 is 1.82 bits per heavy atom. The highest BCUT2D eigenvalue weighted by Crippen LogP contribution is 2.20. The molecule has 0 bridgehead atoms. The minimum Gasteiger partial charge on any atom is -0.340 e. The smallest absolute Gasteiger partial charge is 0.251 e. The van der Waals surface area contributed by atoms with Gasteiger partial charge in [-0.05, 0) is 50.1 Å². The molecule has 2 rings (SSSR count). The second-order valence-electron chi connectivity index (χ2n) is 6.77. The molecular weight excluding hydrogens is 400 g/mol. The van der Waals surface area contributed by atoms with E-state index in [0.29, 0.717) is 16.3 Å². The molecule has 28 heavy (non-hydrogen) atoms. The largest absolute Gasteiger partial charge is 0.340 e. The molecule has 0 radical (unpaired) electrons. The van der Waals surface area contributed by atoms with Crippen LogP contribution in [0.5, 0.6) is 0 Å². The molecule has 8 heteroatoms. The minimum absolute atomic E-state index is 0.0399. The molecular formula is C20H23ClN2O4S. The topological polar surface area (TPSA) is 92.3 Å². The Labute approximate surface area is 170 Å². The maximum Gasteiger partial charge on any atom is 0.251 e. The van der Waals surface area contributed by atoms with E-state index in [4.69, 9.17) is 11.6 Å². The fourth-order valence-electron chi connectivity index (χ4n) is 2.53. The zero-order valence-corrected chi connectivity index (χ0v) is 17.5. The molecule has 0 saturated heterocycles. The van der Waals surface area contributed by atoms with Gasteiger partial charge in [-0.15, -0.1) is 0 Å². The second kappa shape index (κ2) is 9.21. The van der Waals surface area contributed by atoms with E-state index in [2.05, 4.69) is 10.6 Å². The van der Waals surface area contributed by atoms with Gasteiger partial charge in [-0.1, -0.05) is 35.4 Å². The van der Waals surface area contributed by atoms with Gasteiger partial charge in [0.05, 0.1) is 5.75 Å². The molecule has 1 atom stereocenters. The molecule has 2 N–H and O–H groups in total. The third kappa shape index (κ3) is 6.65. The fraction of sp³-hybridized carbons (Fsp3) is 0.300. The molecule has 0 spiro atoms. The first kappa shape index (κ1) is 21.9. The Morgan fingerprint density at radius 1 is 1.11 bits per heavy atom. The molecule has 2 aromatic rings. The zero-order valence-electron chi connectivity index (χ0n) is 16.0. The Kier molecular flexibility index (Phi) is 7.21. The first-order valence-corrected chi connectivity index (χ1v) is 11.1. The lowest BCUT2D eigenvalue weighted by atomic mass is 10.1. The van der Waals surface area contributed by atoms with Crippen LogP contribution in [0.25, 0.3) is 0 Å². The predicted octanol–water partition coefficient (Wildman–Crippen LogP) is 3.13. The molecule has 0 aromatic heterocycles. The van der Waals surface area contributed by atoms with Gasteiger partial charge in [-0.25, -0.2) is 8.42 Å². The summed E-state index contributed by atoms with van der Waals surface area (Å²) >= 11 is 6.08. The number of halogens is 1. The van der Waals surface area contributed by atoms with Crippen molar-refractivity contribution in [1.29, 1.82) is 0 Å². The van der Waals surface area contributed by atoms with Crippen LogP contribution in [0.2, 0.25) is 5.02 Å². The van der Waals surface area contributed by atoms with Gasteiger partial charge in [-0.2, -0.15) is 0 Å². The maximum absolute atomic E-state index is 12.7. The summed E-state index contributed by atoms with van der Waals surface area (Å²) in [6, 6.07) is 11.0. The fourth-order valence-corrected chi connectivity index (χ4v) is 3.37. The van der Waals surface area contributed by atoms with E-state index in [1.165, 1.54) is 0 Å². The lowest BCUT2D eigenvalue weighted by molar-refractivity contribution is -0.118. The van der Waals surface area contributed by atoms with E-state index >= 15 is 0 Å². The molecule has 0 fully saturated rings. The Morgan fingerprint density at radius 3 is 2.43 bits per heavy atom. The number of anilines is 1. The first-order valence-electron chi connectivity index (χ1n) is 8.67. The van der Waals surface area contributed by atoms with Crippen molar-refractivity contribution in [1.82, 2.24) is 5.32 Å². The van der Waals surface area contributed by atoms with Gasteiger partial charge in [0.1, 0.15) is 15.9 Å². The van der Waals surface area contributed by atoms with Crippen molar-refractivity contribution in [2.24, 2.45) is 0 Å². The van der Waals surface area contributed by atoms with Gasteiger partial charge in [0.2, 0.25) is 5.91 Å². The number of nitrogens with one attached hydrogen (secondary N) is 2. The quantitative estimate of drug-likeness (QED) is 0.716. The lowest BCUT2D eigenvalue weighted by Crippen LogP contribution is -2.44. The summed E-state index contributed by atoms with van der Waals surface area (Å²) in [6.07, 6.45) is 1.05. The van der Waals surface area contributed by atoms with Gasteiger partial charge in [0.15, 0.2) is 0 Å². The van der Waals surface area contributed by atoms with Gasteiger partial charge in [0, 0.05) is 22.5 Å². The van der Waals surface area contributed by atoms with E-state index < -0.39 is 27.7 Å². The minimum atomic E-state index is -3.30. The Balaban J connectivity index is 2.18. The van der Waals surface area contributed by atoms with Crippen LogP contribution in [0.1, 0.15) is 27.9 Å². The molecule has 0 aliphatic rings. The molecule has 1 unspecified atom stereocenters. The van der Waals surface area contributed by atoms with E-state index in [1.54, 1.807) is 36.4 Å². The summed E-state index contributed by atoms with van der Waals surface area (Å²) in [4.78, 5) is 25.2. The number of carbonyl (C=O) groups excluding carboxylic acids is 2. The number of hydrogen-bond acceptors (Lipinski definition) is 4. The SMILES string of the molecule is Cc1cccc(C(=O)NC(CCS(C)(=O)=O)C(=O)Nc2ccc(C)c(Cl)c2)c1. The van der Waals surface area contributed by atoms with Crippen LogP contribution in [-0.4, -0.2) is 38.3 Å². The second-order valence-corrected chi connectivity index (χ2v) is 9.43. The molecule has 0 aliphatic carbocycles. The van der Waals surface area contributed by atoms with E-state index in [-0.39, 0.29) is 12.2 Å². The highest BCUT2D eigenvalue weighted by atomic mass is 35.5. The van der Waals surface area contributed by atoms with E-state index in [1.807, 2.05) is 19.9 Å². The van der Waals surface area contributed by atoms with Crippen molar-refractivity contribution in [3.8, 4) is 0 Å². The zero-order chi connectivity index (χ0) is 20.9. The number of rotatable bonds is 7. The van der Waals surface area contributed by atoms with Crippen LogP contribution < -0.4 is 10.6 Å². The van der Waals surface area contributed by atoms with Crippen molar-refractivity contribution in [2.45, 2.75) is 26.3 Å². The van der Waals surface area contributed by atoms with Crippen LogP contribution in [0.15, 0.2) is 42.5 Å². The first-order chi connectivity index (χ1) is 13.0. The third-order valence-electron chi connectivity index (χ3n) is 4.12. The molecule has 6 nitrogen and oxygen atoms in total. The van der Waals surface area contributed by atoms with E-state index in [9.17, 15) is 18.0 Å². The molecule has 2 aromatic carbocycles. The van der Waals surface area contributed by atoms with Gasteiger partial charge in [-0.3, -0.25) is 9.59 Å². The molecule has 0 aliphatic heterocycles. The Hall–Kier alpha value is -2.38. The number of carbonyl (C=O) groups is 2. The summed E-state index contributed by atoms with van der Waals surface area (Å²) in [6.45, 7) is 3.69. The highest BCUT2D eigenvalue weighted by molar-refractivity contribution is 7.90. The maximum atomic E-state index is 12.7. The summed E-state index contributed by atoms with van der Waals surface area (Å²) in [5.74, 6) is -1.18. The molecule has 2 amide bonds. The summed E-state index contributed by atoms with van der Waals surface area (Å²) < 4.78 is 23.1. The average Bonchev–Trinajstić information content (AvgIpc) is 2.60. The van der Waals surface area contributed by atoms with Crippen molar-refractivity contribution in [2.75, 3.05) is 17.3 Å². The monoisotopic (exact) mass is 422 g/mol. The summed E-state index contributed by atoms with van der Waals surface area (Å²) in [5, 5.41) is 5.81. The van der Waals surface area contributed by atoms with Crippen LogP contribution in [0.3, 0.4) is 0 Å². The van der Waals surface area contributed by atoms with Crippen LogP contribution in [-0.2, 0) is 14.6 Å². The lowest BCUT2D eigenvalue weighted by Gasteiger charge is -2.19. The normalized spacial score (nSPS) is 12.3. The van der Waals surface area contributed by atoms with E-state index in [0.717, 1.165) is 17.4 Å². The third-order valence-corrected chi connectivity index (χ3v) is 5.50. The standard InChI is InChI=1S/C20H23ClN2O4S/c1-13-5-4-6-15(11-13)19(24)23-18(9-10-28(3,26)27)20(25)22-16-8-7-14(2)17(21)12-16/h4-8,11-12,18H,9-10H2,1-3H3,(H,22,25)(H,23,24). The van der Waals surface area contributed by atoms with Crippen LogP contribution in [0, 0.1) is 13.8 Å². The van der Waals surface area contributed by atoms with Crippen molar-refractivity contribution >= 4 is 38.9 Å². The number of benzene rings is 2. The summed E-state index contributed by atoms with van der Waals surface area (Å²) in [5.41, 5.74) is 2.63. The summed E-state index contributed by atoms with van der Waals surface area (Å²) in [7, 11) is -3.30. The van der Waals surface area contributed by atoms with Crippen LogP contribution >= 0.6 is 11.6 Å². The van der Waals surface area contributed by atoms with Gasteiger partial charge < -0.3 is 10.6 Å². The van der Waals surface area contributed by atoms with Crippen molar-refractivity contribution in [3.05, 3.63) is 64.2 Å². The van der Waals surface area contributed by atoms with Crippen molar-refractivity contribution < 1.29 is 18.0 Å². The average molecular weight is 423 g/mol.